The Morgan fingerprint density at radius 2 is 1.22 bits per heavy atom. The van der Waals surface area contributed by atoms with E-state index in [1.807, 2.05) is 17.5 Å². The Morgan fingerprint density at radius 3 is 1.62 bits per heavy atom. The predicted octanol–water partition coefficient (Wildman–Crippen LogP) is 6.88. The Balaban J connectivity index is 2.34. The zero-order valence-corrected chi connectivity index (χ0v) is 32.0. The van der Waals surface area contributed by atoms with E-state index in [-0.39, 0.29) is 0 Å². The van der Waals surface area contributed by atoms with Crippen LogP contribution < -0.4 is 5.19 Å². The fraction of sp³-hybridized carbons (Fsp3) is 0.583. The highest BCUT2D eigenvalue weighted by Gasteiger charge is 2.55. The predicted molar refractivity (Wildman–Crippen MR) is 172 cm³/mol. The summed E-state index contributed by atoms with van der Waals surface area (Å²) in [7, 11) is -17.3. The molecule has 0 saturated carbocycles. The normalized spacial score (nSPS) is 33.2. The fourth-order valence-corrected chi connectivity index (χ4v) is 39.8. The highest BCUT2D eigenvalue weighted by molar-refractivity contribution is 6.97. The third-order valence-electron chi connectivity index (χ3n) is 6.51. The maximum Gasteiger partial charge on any atom is 0.348 e. The molecular formula is C24H50O6Si7. The lowest BCUT2D eigenvalue weighted by molar-refractivity contribution is 0.237. The van der Waals surface area contributed by atoms with Gasteiger partial charge in [0.1, 0.15) is 0 Å². The largest absolute Gasteiger partial charge is 0.433 e. The number of rotatable bonds is 11. The first-order valence-electron chi connectivity index (χ1n) is 13.3. The summed E-state index contributed by atoms with van der Waals surface area (Å²) in [5, 5.41) is 1.18. The molecule has 0 N–H and O–H groups in total. The summed E-state index contributed by atoms with van der Waals surface area (Å²) in [4.78, 5) is 0. The third kappa shape index (κ3) is 9.54. The van der Waals surface area contributed by atoms with Crippen molar-refractivity contribution in [2.24, 2.45) is 0 Å². The van der Waals surface area contributed by atoms with Gasteiger partial charge in [-0.1, -0.05) is 48.7 Å². The van der Waals surface area contributed by atoms with E-state index in [4.69, 9.17) is 24.7 Å². The minimum atomic E-state index is -2.73. The second kappa shape index (κ2) is 11.8. The first kappa shape index (κ1) is 33.2. The molecule has 0 aromatic heterocycles. The maximum atomic E-state index is 7.11. The van der Waals surface area contributed by atoms with Crippen molar-refractivity contribution < 1.29 is 24.7 Å². The van der Waals surface area contributed by atoms with Crippen LogP contribution in [0.1, 0.15) is 6.92 Å². The quantitative estimate of drug-likeness (QED) is 0.249. The Labute approximate surface area is 233 Å². The summed E-state index contributed by atoms with van der Waals surface area (Å²) in [6.07, 6.45) is 0. The lowest BCUT2D eigenvalue weighted by Gasteiger charge is -2.49. The van der Waals surface area contributed by atoms with E-state index >= 15 is 0 Å². The third-order valence-corrected chi connectivity index (χ3v) is 34.9. The molecule has 1 fully saturated rings. The van der Waals surface area contributed by atoms with E-state index in [9.17, 15) is 0 Å². The summed E-state index contributed by atoms with van der Waals surface area (Å²) in [5.74, 6) is 0. The average Bonchev–Trinajstić information content (AvgIpc) is 2.76. The molecule has 3 atom stereocenters. The van der Waals surface area contributed by atoms with Crippen molar-refractivity contribution in [3.63, 3.8) is 0 Å². The van der Waals surface area contributed by atoms with Gasteiger partial charge >= 0.3 is 42.8 Å². The number of benzene rings is 1. The van der Waals surface area contributed by atoms with Crippen molar-refractivity contribution >= 4 is 64.6 Å². The molecule has 0 aliphatic carbocycles. The van der Waals surface area contributed by atoms with Gasteiger partial charge < -0.3 is 24.7 Å². The van der Waals surface area contributed by atoms with Gasteiger partial charge in [0.25, 0.3) is 0 Å². The first-order chi connectivity index (χ1) is 16.7. The van der Waals surface area contributed by atoms with Gasteiger partial charge in [-0.15, -0.1) is 13.2 Å². The minimum absolute atomic E-state index is 0.794. The van der Waals surface area contributed by atoms with E-state index in [1.54, 1.807) is 0 Å². The first-order valence-corrected chi connectivity index (χ1v) is 31.9. The van der Waals surface area contributed by atoms with Crippen molar-refractivity contribution in [1.82, 2.24) is 0 Å². The van der Waals surface area contributed by atoms with Crippen LogP contribution in [0, 0.1) is 0 Å². The fourth-order valence-electron chi connectivity index (χ4n) is 4.78. The van der Waals surface area contributed by atoms with Crippen LogP contribution in [-0.2, 0) is 24.7 Å². The molecule has 0 amide bonds. The summed E-state index contributed by atoms with van der Waals surface area (Å²) in [6.45, 7) is 32.2. The number of hydrogen-bond acceptors (Lipinski definition) is 6. The standard InChI is InChI=1S/C24H50O6Si7/c1-14-33(9)27-34(10,15-2)29-36(12,30-35(11,16-3)28-33)23-22-32(7,8)26-37(13,25-31(4,5)6)24-20-18-17-19-21-24/h15-21H,2-3,14,22-23H2,1,4-13H3. The molecule has 1 aliphatic heterocycles. The zero-order valence-electron chi connectivity index (χ0n) is 25.0. The second-order valence-electron chi connectivity index (χ2n) is 12.4. The summed E-state index contributed by atoms with van der Waals surface area (Å²) in [6, 6.07) is 13.0. The SMILES string of the molecule is C=C[Si]1(C)O[Si](C)(CC)O[Si](C)(C=C)O[Si](C)(CC[Si](C)(C)O[Si](C)(O[Si](C)(C)C)c2ccccc2)O1. The number of hydrogen-bond donors (Lipinski definition) is 0. The van der Waals surface area contributed by atoms with Gasteiger partial charge in [0.05, 0.1) is 0 Å². The lowest BCUT2D eigenvalue weighted by Crippen LogP contribution is -2.66. The lowest BCUT2D eigenvalue weighted by atomic mass is 10.4. The molecule has 1 saturated heterocycles. The van der Waals surface area contributed by atoms with Crippen LogP contribution in [0.4, 0.5) is 0 Å². The van der Waals surface area contributed by atoms with Crippen LogP contribution in [0.5, 0.6) is 0 Å². The molecule has 2 rings (SSSR count). The van der Waals surface area contributed by atoms with Crippen LogP contribution in [0.2, 0.25) is 83.6 Å². The molecule has 13 heteroatoms. The molecule has 3 unspecified atom stereocenters. The van der Waals surface area contributed by atoms with Gasteiger partial charge in [-0.2, -0.15) is 0 Å². The second-order valence-corrected chi connectivity index (χ2v) is 38.6. The van der Waals surface area contributed by atoms with Crippen molar-refractivity contribution in [3.8, 4) is 0 Å². The van der Waals surface area contributed by atoms with Crippen LogP contribution in [-0.4, -0.2) is 59.4 Å². The maximum absolute atomic E-state index is 7.11. The van der Waals surface area contributed by atoms with Gasteiger partial charge in [0.15, 0.2) is 16.6 Å². The Morgan fingerprint density at radius 1 is 0.757 bits per heavy atom. The van der Waals surface area contributed by atoms with Gasteiger partial charge in [0.2, 0.25) is 0 Å². The summed E-state index contributed by atoms with van der Waals surface area (Å²) >= 11 is 0. The van der Waals surface area contributed by atoms with Crippen molar-refractivity contribution in [1.29, 1.82) is 0 Å². The van der Waals surface area contributed by atoms with E-state index in [2.05, 4.69) is 110 Å². The van der Waals surface area contributed by atoms with Crippen LogP contribution in [0.15, 0.2) is 54.9 Å². The Kier molecular flexibility index (Phi) is 10.6. The highest BCUT2D eigenvalue weighted by Crippen LogP contribution is 2.37. The van der Waals surface area contributed by atoms with E-state index < -0.39 is 59.4 Å². The van der Waals surface area contributed by atoms with Crippen molar-refractivity contribution in [2.45, 2.75) is 90.5 Å². The van der Waals surface area contributed by atoms with Gasteiger partial charge in [0, 0.05) is 0 Å². The Hall–Kier alpha value is -0.0218. The molecule has 1 aromatic rings. The monoisotopic (exact) mass is 630 g/mol. The topological polar surface area (TPSA) is 55.4 Å². The Bertz CT molecular complexity index is 917. The van der Waals surface area contributed by atoms with Gasteiger partial charge in [-0.05, 0) is 88.8 Å². The van der Waals surface area contributed by atoms with Crippen LogP contribution in [0.25, 0.3) is 0 Å². The van der Waals surface area contributed by atoms with Crippen LogP contribution >= 0.6 is 0 Å². The minimum Gasteiger partial charge on any atom is -0.433 e. The van der Waals surface area contributed by atoms with E-state index in [1.165, 1.54) is 5.19 Å². The van der Waals surface area contributed by atoms with Crippen LogP contribution in [0.3, 0.4) is 0 Å². The van der Waals surface area contributed by atoms with Crippen molar-refractivity contribution in [2.75, 3.05) is 0 Å². The van der Waals surface area contributed by atoms with E-state index in [0.717, 1.165) is 18.1 Å². The summed E-state index contributed by atoms with van der Waals surface area (Å²) < 4.78 is 41.2. The molecule has 0 bridgehead atoms. The van der Waals surface area contributed by atoms with Crippen molar-refractivity contribution in [3.05, 3.63) is 54.9 Å². The highest BCUT2D eigenvalue weighted by atomic mass is 28.5. The molecule has 6 nitrogen and oxygen atoms in total. The molecule has 1 aromatic carbocycles. The van der Waals surface area contributed by atoms with Gasteiger partial charge in [-0.3, -0.25) is 0 Å². The average molecular weight is 631 g/mol. The molecule has 37 heavy (non-hydrogen) atoms. The molecular weight excluding hydrogens is 581 g/mol. The summed E-state index contributed by atoms with van der Waals surface area (Å²) in [5.41, 5.74) is 3.76. The molecule has 1 heterocycles. The van der Waals surface area contributed by atoms with Gasteiger partial charge in [-0.25, -0.2) is 0 Å². The zero-order chi connectivity index (χ0) is 28.4. The molecule has 0 radical (unpaired) electrons. The molecule has 210 valence electrons. The van der Waals surface area contributed by atoms with E-state index in [0.29, 0.717) is 0 Å². The molecule has 0 spiro atoms. The smallest absolute Gasteiger partial charge is 0.348 e. The molecule has 1 aliphatic rings.